The van der Waals surface area contributed by atoms with E-state index in [1.807, 2.05) is 95.9 Å². The summed E-state index contributed by atoms with van der Waals surface area (Å²) in [5, 5.41) is 2.19. The zero-order valence-electron chi connectivity index (χ0n) is 15.5. The molecule has 0 aromatic heterocycles. The standard InChI is InChI=1S/C26H21NO/c28-26(19-18-21-10-3-1-4-11-21)27(20-22-12-5-2-6-13-22)25-17-9-15-23-14-7-8-16-24(23)25/h1-19H,20H2/b19-18-. The zero-order valence-corrected chi connectivity index (χ0v) is 15.5. The van der Waals surface area contributed by atoms with E-state index in [-0.39, 0.29) is 5.91 Å². The molecule has 1 amide bonds. The van der Waals surface area contributed by atoms with Crippen LogP contribution in [-0.4, -0.2) is 5.91 Å². The maximum Gasteiger partial charge on any atom is 0.251 e. The van der Waals surface area contributed by atoms with Crippen molar-refractivity contribution in [3.8, 4) is 0 Å². The molecular formula is C26H21NO. The van der Waals surface area contributed by atoms with Crippen molar-refractivity contribution in [1.29, 1.82) is 0 Å². The molecule has 0 aliphatic rings. The Hall–Kier alpha value is -3.65. The van der Waals surface area contributed by atoms with Crippen molar-refractivity contribution in [3.63, 3.8) is 0 Å². The quantitative estimate of drug-likeness (QED) is 0.393. The van der Waals surface area contributed by atoms with Crippen LogP contribution >= 0.6 is 0 Å². The first-order valence-electron chi connectivity index (χ1n) is 9.37. The van der Waals surface area contributed by atoms with Gasteiger partial charge in [-0.25, -0.2) is 0 Å². The zero-order chi connectivity index (χ0) is 19.2. The van der Waals surface area contributed by atoms with E-state index in [1.54, 1.807) is 6.08 Å². The largest absolute Gasteiger partial charge is 0.304 e. The fourth-order valence-electron chi connectivity index (χ4n) is 3.31. The van der Waals surface area contributed by atoms with Crippen LogP contribution in [0, 0.1) is 0 Å². The van der Waals surface area contributed by atoms with Gasteiger partial charge in [-0.15, -0.1) is 0 Å². The van der Waals surface area contributed by atoms with Crippen LogP contribution in [0.15, 0.2) is 109 Å². The van der Waals surface area contributed by atoms with Gasteiger partial charge in [0.2, 0.25) is 0 Å². The van der Waals surface area contributed by atoms with Crippen LogP contribution in [0.1, 0.15) is 11.1 Å². The van der Waals surface area contributed by atoms with Crippen LogP contribution in [0.25, 0.3) is 16.8 Å². The topological polar surface area (TPSA) is 20.3 Å². The lowest BCUT2D eigenvalue weighted by Gasteiger charge is -2.23. The van der Waals surface area contributed by atoms with E-state index in [0.29, 0.717) is 6.54 Å². The van der Waals surface area contributed by atoms with Crippen molar-refractivity contribution in [2.45, 2.75) is 6.54 Å². The second-order valence-corrected chi connectivity index (χ2v) is 6.65. The molecule has 4 aromatic carbocycles. The minimum Gasteiger partial charge on any atom is -0.304 e. The summed E-state index contributed by atoms with van der Waals surface area (Å²) in [4.78, 5) is 15.0. The van der Waals surface area contributed by atoms with Crippen molar-refractivity contribution in [2.24, 2.45) is 0 Å². The van der Waals surface area contributed by atoms with E-state index < -0.39 is 0 Å². The first kappa shape index (κ1) is 17.7. The molecule has 0 saturated carbocycles. The van der Waals surface area contributed by atoms with E-state index in [9.17, 15) is 4.79 Å². The number of hydrogen-bond donors (Lipinski definition) is 0. The highest BCUT2D eigenvalue weighted by atomic mass is 16.2. The first-order valence-corrected chi connectivity index (χ1v) is 9.37. The van der Waals surface area contributed by atoms with Gasteiger partial charge in [0, 0.05) is 11.5 Å². The highest BCUT2D eigenvalue weighted by Gasteiger charge is 2.16. The molecule has 0 unspecified atom stereocenters. The summed E-state index contributed by atoms with van der Waals surface area (Å²) in [7, 11) is 0. The molecule has 4 rings (SSSR count). The molecule has 0 saturated heterocycles. The third-order valence-corrected chi connectivity index (χ3v) is 4.72. The van der Waals surface area contributed by atoms with Crippen molar-refractivity contribution in [2.75, 3.05) is 4.90 Å². The molecule has 4 aromatic rings. The number of fused-ring (bicyclic) bond motifs is 1. The number of anilines is 1. The number of nitrogens with zero attached hydrogens (tertiary/aromatic N) is 1. The molecule has 2 nitrogen and oxygen atoms in total. The summed E-state index contributed by atoms with van der Waals surface area (Å²) in [6.45, 7) is 0.521. The first-order chi connectivity index (χ1) is 13.8. The minimum atomic E-state index is -0.0379. The lowest BCUT2D eigenvalue weighted by atomic mass is 10.1. The number of carbonyl (C=O) groups excluding carboxylic acids is 1. The van der Waals surface area contributed by atoms with Crippen LogP contribution in [0.3, 0.4) is 0 Å². The van der Waals surface area contributed by atoms with Crippen molar-refractivity contribution in [1.82, 2.24) is 0 Å². The van der Waals surface area contributed by atoms with Gasteiger partial charge in [-0.05, 0) is 28.7 Å². The molecule has 0 aliphatic carbocycles. The monoisotopic (exact) mass is 363 g/mol. The molecule has 0 fully saturated rings. The molecule has 0 spiro atoms. The second-order valence-electron chi connectivity index (χ2n) is 6.65. The van der Waals surface area contributed by atoms with Gasteiger partial charge in [-0.2, -0.15) is 0 Å². The maximum atomic E-state index is 13.2. The summed E-state index contributed by atoms with van der Waals surface area (Å²) in [5.74, 6) is -0.0379. The molecule has 0 N–H and O–H groups in total. The highest BCUT2D eigenvalue weighted by Crippen LogP contribution is 2.28. The lowest BCUT2D eigenvalue weighted by Crippen LogP contribution is -2.28. The normalized spacial score (nSPS) is 11.0. The minimum absolute atomic E-state index is 0.0379. The SMILES string of the molecule is O=C(/C=C\c1ccccc1)N(Cc1ccccc1)c1cccc2ccccc12. The lowest BCUT2D eigenvalue weighted by molar-refractivity contribution is -0.114. The van der Waals surface area contributed by atoms with Crippen LogP contribution in [0.5, 0.6) is 0 Å². The van der Waals surface area contributed by atoms with Crippen LogP contribution in [0.4, 0.5) is 5.69 Å². The molecule has 0 aliphatic heterocycles. The number of rotatable bonds is 5. The van der Waals surface area contributed by atoms with Crippen LogP contribution < -0.4 is 4.90 Å². The predicted octanol–water partition coefficient (Wildman–Crippen LogP) is 6.09. The van der Waals surface area contributed by atoms with Gasteiger partial charge in [0.15, 0.2) is 0 Å². The molecule has 136 valence electrons. The Morgan fingerprint density at radius 2 is 1.36 bits per heavy atom. The molecule has 0 bridgehead atoms. The van der Waals surface area contributed by atoms with Crippen molar-refractivity contribution in [3.05, 3.63) is 120 Å². The Labute approximate surface area is 165 Å². The summed E-state index contributed by atoms with van der Waals surface area (Å²) < 4.78 is 0. The van der Waals surface area contributed by atoms with E-state index in [1.165, 1.54) is 0 Å². The van der Waals surface area contributed by atoms with Gasteiger partial charge >= 0.3 is 0 Å². The third kappa shape index (κ3) is 4.02. The van der Waals surface area contributed by atoms with Gasteiger partial charge in [0.1, 0.15) is 0 Å². The number of benzene rings is 4. The van der Waals surface area contributed by atoms with E-state index in [4.69, 9.17) is 0 Å². The summed E-state index contributed by atoms with van der Waals surface area (Å²) in [6.07, 6.45) is 3.52. The maximum absolute atomic E-state index is 13.2. The number of amides is 1. The smallest absolute Gasteiger partial charge is 0.251 e. The fraction of sp³-hybridized carbons (Fsp3) is 0.0385. The Balaban J connectivity index is 1.73. The summed E-state index contributed by atoms with van der Waals surface area (Å²) in [6, 6.07) is 34.2. The summed E-state index contributed by atoms with van der Waals surface area (Å²) >= 11 is 0. The molecular weight excluding hydrogens is 342 g/mol. The average Bonchev–Trinajstić information content (AvgIpc) is 2.77. The molecule has 0 radical (unpaired) electrons. The van der Waals surface area contributed by atoms with E-state index in [0.717, 1.165) is 27.6 Å². The van der Waals surface area contributed by atoms with Crippen LogP contribution in [-0.2, 0) is 11.3 Å². The average molecular weight is 363 g/mol. The van der Waals surface area contributed by atoms with Gasteiger partial charge < -0.3 is 4.90 Å². The van der Waals surface area contributed by atoms with E-state index >= 15 is 0 Å². The van der Waals surface area contributed by atoms with Crippen molar-refractivity contribution >= 4 is 28.4 Å². The number of carbonyl (C=O) groups is 1. The Morgan fingerprint density at radius 3 is 2.14 bits per heavy atom. The molecule has 0 atom stereocenters. The van der Waals surface area contributed by atoms with Crippen molar-refractivity contribution < 1.29 is 4.79 Å². The van der Waals surface area contributed by atoms with E-state index in [2.05, 4.69) is 18.2 Å². The van der Waals surface area contributed by atoms with Gasteiger partial charge in [0.25, 0.3) is 5.91 Å². The second kappa shape index (κ2) is 8.36. The number of hydrogen-bond acceptors (Lipinski definition) is 1. The molecule has 0 heterocycles. The van der Waals surface area contributed by atoms with Gasteiger partial charge in [-0.1, -0.05) is 97.1 Å². The Kier molecular flexibility index (Phi) is 5.30. The fourth-order valence-corrected chi connectivity index (χ4v) is 3.31. The molecule has 28 heavy (non-hydrogen) atoms. The summed E-state index contributed by atoms with van der Waals surface area (Å²) in [5.41, 5.74) is 3.02. The van der Waals surface area contributed by atoms with Gasteiger partial charge in [-0.3, -0.25) is 4.79 Å². The van der Waals surface area contributed by atoms with Crippen LogP contribution in [0.2, 0.25) is 0 Å². The molecule has 2 heteroatoms. The Bertz CT molecular complexity index is 1100. The predicted molar refractivity (Wildman–Crippen MR) is 117 cm³/mol. The highest BCUT2D eigenvalue weighted by molar-refractivity contribution is 6.09. The Morgan fingerprint density at radius 1 is 0.714 bits per heavy atom. The third-order valence-electron chi connectivity index (χ3n) is 4.72. The van der Waals surface area contributed by atoms with Gasteiger partial charge in [0.05, 0.1) is 12.2 Å².